The summed E-state index contributed by atoms with van der Waals surface area (Å²) in [6.07, 6.45) is 0. The zero-order valence-corrected chi connectivity index (χ0v) is 17.3. The lowest BCUT2D eigenvalue weighted by Gasteiger charge is -2.10. The molecule has 3 heterocycles. The molecule has 0 aliphatic carbocycles. The van der Waals surface area contributed by atoms with Crippen LogP contribution in [0.15, 0.2) is 35.7 Å². The summed E-state index contributed by atoms with van der Waals surface area (Å²) >= 11 is 1.30. The van der Waals surface area contributed by atoms with E-state index in [1.54, 1.807) is 22.2 Å². The standard InChI is InChI=1S/C21H20FN5OS/c1-11(2)16-9-15(18-12(3)26-27(4)19(18)23-16)20(28)25-21-24-17(10-29-21)13-6-5-7-14(22)8-13/h5-11H,1-4H3,(H,24,25,28). The van der Waals surface area contributed by atoms with Crippen LogP contribution in [0.2, 0.25) is 0 Å². The molecule has 1 aromatic carbocycles. The first-order chi connectivity index (χ1) is 13.8. The number of fused-ring (bicyclic) bond motifs is 1. The highest BCUT2D eigenvalue weighted by Gasteiger charge is 2.20. The molecule has 1 amide bonds. The van der Waals surface area contributed by atoms with Crippen molar-refractivity contribution < 1.29 is 9.18 Å². The number of amides is 1. The fraction of sp³-hybridized carbons (Fsp3) is 0.238. The van der Waals surface area contributed by atoms with Crippen LogP contribution in [0.5, 0.6) is 0 Å². The van der Waals surface area contributed by atoms with Crippen molar-refractivity contribution in [3.63, 3.8) is 0 Å². The predicted molar refractivity (Wildman–Crippen MR) is 113 cm³/mol. The third kappa shape index (κ3) is 3.63. The first-order valence-corrected chi connectivity index (χ1v) is 10.1. The van der Waals surface area contributed by atoms with E-state index < -0.39 is 0 Å². The zero-order chi connectivity index (χ0) is 20.7. The van der Waals surface area contributed by atoms with Gasteiger partial charge < -0.3 is 0 Å². The van der Waals surface area contributed by atoms with E-state index in [0.29, 0.717) is 27.6 Å². The number of aryl methyl sites for hydroxylation is 2. The van der Waals surface area contributed by atoms with E-state index in [1.807, 2.05) is 33.9 Å². The second-order valence-corrected chi connectivity index (χ2v) is 8.02. The fourth-order valence-electron chi connectivity index (χ4n) is 3.22. The Bertz CT molecular complexity index is 1230. The molecule has 29 heavy (non-hydrogen) atoms. The van der Waals surface area contributed by atoms with Crippen molar-refractivity contribution in [3.8, 4) is 11.3 Å². The Kier molecular flexibility index (Phi) is 4.87. The van der Waals surface area contributed by atoms with Crippen LogP contribution >= 0.6 is 11.3 Å². The molecular formula is C21H20FN5OS. The van der Waals surface area contributed by atoms with Crippen LogP contribution in [0, 0.1) is 12.7 Å². The number of nitrogens with one attached hydrogen (secondary N) is 1. The molecule has 148 valence electrons. The first kappa shape index (κ1) is 19.2. The number of halogens is 1. The molecule has 0 aliphatic rings. The molecular weight excluding hydrogens is 389 g/mol. The van der Waals surface area contributed by atoms with Crippen LogP contribution in [-0.4, -0.2) is 25.7 Å². The molecule has 0 atom stereocenters. The maximum absolute atomic E-state index is 13.5. The molecule has 0 bridgehead atoms. The van der Waals surface area contributed by atoms with Gasteiger partial charge in [0.1, 0.15) is 5.82 Å². The number of hydrogen-bond acceptors (Lipinski definition) is 5. The summed E-state index contributed by atoms with van der Waals surface area (Å²) in [5.74, 6) is -0.426. The Morgan fingerprint density at radius 3 is 2.76 bits per heavy atom. The summed E-state index contributed by atoms with van der Waals surface area (Å²) in [7, 11) is 1.82. The van der Waals surface area contributed by atoms with E-state index in [1.165, 1.54) is 23.5 Å². The second-order valence-electron chi connectivity index (χ2n) is 7.16. The monoisotopic (exact) mass is 409 g/mol. The predicted octanol–water partition coefficient (Wildman–Crippen LogP) is 4.92. The summed E-state index contributed by atoms with van der Waals surface area (Å²) in [5.41, 5.74) is 4.05. The van der Waals surface area contributed by atoms with E-state index >= 15 is 0 Å². The number of hydrogen-bond donors (Lipinski definition) is 1. The van der Waals surface area contributed by atoms with Gasteiger partial charge in [-0.2, -0.15) is 5.10 Å². The number of aromatic nitrogens is 4. The number of carbonyl (C=O) groups excluding carboxylic acids is 1. The van der Waals surface area contributed by atoms with E-state index in [2.05, 4.69) is 20.4 Å². The van der Waals surface area contributed by atoms with Crippen LogP contribution in [0.4, 0.5) is 9.52 Å². The van der Waals surface area contributed by atoms with Crippen molar-refractivity contribution in [3.05, 3.63) is 58.5 Å². The van der Waals surface area contributed by atoms with Gasteiger partial charge in [0.05, 0.1) is 22.3 Å². The molecule has 0 spiro atoms. The highest BCUT2D eigenvalue weighted by Crippen LogP contribution is 2.28. The lowest BCUT2D eigenvalue weighted by Crippen LogP contribution is -2.14. The zero-order valence-electron chi connectivity index (χ0n) is 16.5. The summed E-state index contributed by atoms with van der Waals surface area (Å²) in [6.45, 7) is 5.93. The molecule has 4 rings (SSSR count). The van der Waals surface area contributed by atoms with Crippen molar-refractivity contribution in [2.24, 2.45) is 7.05 Å². The van der Waals surface area contributed by atoms with Gasteiger partial charge in [0.25, 0.3) is 5.91 Å². The molecule has 8 heteroatoms. The number of rotatable bonds is 4. The number of pyridine rings is 1. The maximum Gasteiger partial charge on any atom is 0.258 e. The van der Waals surface area contributed by atoms with Crippen molar-refractivity contribution in [2.75, 3.05) is 5.32 Å². The van der Waals surface area contributed by atoms with Gasteiger partial charge >= 0.3 is 0 Å². The molecule has 4 aromatic rings. The highest BCUT2D eigenvalue weighted by molar-refractivity contribution is 7.14. The molecule has 0 unspecified atom stereocenters. The van der Waals surface area contributed by atoms with Gasteiger partial charge in [0.15, 0.2) is 10.8 Å². The van der Waals surface area contributed by atoms with Crippen LogP contribution in [0.1, 0.15) is 41.5 Å². The smallest absolute Gasteiger partial charge is 0.258 e. The minimum absolute atomic E-state index is 0.167. The van der Waals surface area contributed by atoms with Gasteiger partial charge in [-0.3, -0.25) is 14.8 Å². The van der Waals surface area contributed by atoms with Gasteiger partial charge in [-0.1, -0.05) is 26.0 Å². The van der Waals surface area contributed by atoms with Crippen molar-refractivity contribution in [1.82, 2.24) is 19.7 Å². The van der Waals surface area contributed by atoms with Crippen LogP contribution < -0.4 is 5.32 Å². The van der Waals surface area contributed by atoms with Crippen LogP contribution in [0.25, 0.3) is 22.3 Å². The second kappa shape index (κ2) is 7.36. The molecule has 0 radical (unpaired) electrons. The SMILES string of the molecule is Cc1nn(C)c2nc(C(C)C)cc(C(=O)Nc3nc(-c4cccc(F)c4)cs3)c12. The summed E-state index contributed by atoms with van der Waals surface area (Å²) in [5, 5.41) is 10.3. The lowest BCUT2D eigenvalue weighted by molar-refractivity contribution is 0.102. The molecule has 3 aromatic heterocycles. The Balaban J connectivity index is 1.70. The molecule has 6 nitrogen and oxygen atoms in total. The first-order valence-electron chi connectivity index (χ1n) is 9.20. The van der Waals surface area contributed by atoms with E-state index in [4.69, 9.17) is 0 Å². The van der Waals surface area contributed by atoms with Gasteiger partial charge in [-0.25, -0.2) is 14.4 Å². The third-order valence-electron chi connectivity index (χ3n) is 4.67. The minimum atomic E-state index is -0.325. The Hall–Kier alpha value is -3.13. The summed E-state index contributed by atoms with van der Waals surface area (Å²) in [6, 6.07) is 8.04. The number of thiazole rings is 1. The summed E-state index contributed by atoms with van der Waals surface area (Å²) < 4.78 is 15.2. The Morgan fingerprint density at radius 2 is 2.03 bits per heavy atom. The van der Waals surface area contributed by atoms with E-state index in [0.717, 1.165) is 16.8 Å². The maximum atomic E-state index is 13.5. The lowest BCUT2D eigenvalue weighted by atomic mass is 10.0. The minimum Gasteiger partial charge on any atom is -0.298 e. The number of anilines is 1. The van der Waals surface area contributed by atoms with E-state index in [-0.39, 0.29) is 17.6 Å². The van der Waals surface area contributed by atoms with Crippen molar-refractivity contribution in [1.29, 1.82) is 0 Å². The quantitative estimate of drug-likeness (QED) is 0.519. The normalized spacial score (nSPS) is 11.4. The van der Waals surface area contributed by atoms with Crippen molar-refractivity contribution in [2.45, 2.75) is 26.7 Å². The molecule has 0 fully saturated rings. The third-order valence-corrected chi connectivity index (χ3v) is 5.43. The van der Waals surface area contributed by atoms with Crippen LogP contribution in [0.3, 0.4) is 0 Å². The molecule has 0 saturated carbocycles. The highest BCUT2D eigenvalue weighted by atomic mass is 32.1. The molecule has 0 aliphatic heterocycles. The van der Waals surface area contributed by atoms with Crippen LogP contribution in [-0.2, 0) is 7.05 Å². The largest absolute Gasteiger partial charge is 0.298 e. The topological polar surface area (TPSA) is 72.7 Å². The van der Waals surface area contributed by atoms with E-state index in [9.17, 15) is 9.18 Å². The average molecular weight is 409 g/mol. The van der Waals surface area contributed by atoms with Crippen molar-refractivity contribution >= 4 is 33.4 Å². The van der Waals surface area contributed by atoms with Gasteiger partial charge in [-0.15, -0.1) is 11.3 Å². The molecule has 1 N–H and O–H groups in total. The number of nitrogens with zero attached hydrogens (tertiary/aromatic N) is 4. The number of benzene rings is 1. The average Bonchev–Trinajstić information content (AvgIpc) is 3.25. The van der Waals surface area contributed by atoms with Gasteiger partial charge in [-0.05, 0) is 31.0 Å². The summed E-state index contributed by atoms with van der Waals surface area (Å²) in [4.78, 5) is 22.2. The Morgan fingerprint density at radius 1 is 1.24 bits per heavy atom. The number of carbonyl (C=O) groups is 1. The Labute approximate surface area is 171 Å². The van der Waals surface area contributed by atoms with Gasteiger partial charge in [0.2, 0.25) is 0 Å². The molecule has 0 saturated heterocycles. The fourth-order valence-corrected chi connectivity index (χ4v) is 3.93. The van der Waals surface area contributed by atoms with Gasteiger partial charge in [0, 0.05) is 23.7 Å².